The summed E-state index contributed by atoms with van der Waals surface area (Å²) in [5.74, 6) is 0. The van der Waals surface area contributed by atoms with E-state index < -0.39 is 0 Å². The topological polar surface area (TPSA) is 81.8 Å². The van der Waals surface area contributed by atoms with Crippen molar-refractivity contribution in [3.05, 3.63) is 0 Å². The Morgan fingerprint density at radius 2 is 1.25 bits per heavy atom. The fraction of sp³-hybridized carbons (Fsp3) is 0.750. The van der Waals surface area contributed by atoms with Gasteiger partial charge < -0.3 is 0 Å². The monoisotopic (exact) mass is 172 g/mol. The Morgan fingerprint density at radius 1 is 0.917 bits per heavy atom. The highest BCUT2D eigenvalue weighted by atomic mass is 16.1. The lowest BCUT2D eigenvalue weighted by Gasteiger charge is -2.05. The van der Waals surface area contributed by atoms with Gasteiger partial charge in [0.05, 0.1) is 0 Å². The van der Waals surface area contributed by atoms with Crippen LogP contribution in [0.15, 0.2) is 0 Å². The standard InChI is InChI=1S/C6H12.2CHNO/c1-2-4-6-5-3-1;2*2-1-3/h1-6H2;2*2H/i1D,4D;;. The van der Waals surface area contributed by atoms with Crippen molar-refractivity contribution in [2.45, 2.75) is 38.5 Å². The van der Waals surface area contributed by atoms with Crippen LogP contribution in [-0.4, -0.2) is 12.2 Å². The molecule has 0 heterocycles. The lowest BCUT2D eigenvalue weighted by molar-refractivity contribution is 0.504. The number of nitrogens with one attached hydrogen (secondary N) is 2. The molecule has 1 aliphatic carbocycles. The molecule has 0 aromatic heterocycles. The minimum Gasteiger partial charge on any atom is -0.222 e. The van der Waals surface area contributed by atoms with Crippen molar-refractivity contribution in [1.29, 1.82) is 10.8 Å². The molecule has 2 unspecified atom stereocenters. The first-order valence-corrected chi connectivity index (χ1v) is 3.54. The van der Waals surface area contributed by atoms with Crippen LogP contribution >= 0.6 is 0 Å². The fourth-order valence-corrected chi connectivity index (χ4v) is 0.760. The molecule has 4 heteroatoms. The Morgan fingerprint density at radius 3 is 1.42 bits per heavy atom. The Kier molecular flexibility index (Phi) is 12.1. The molecule has 2 N–H and O–H groups in total. The molecule has 2 atom stereocenters. The Balaban J connectivity index is 0. The summed E-state index contributed by atoms with van der Waals surface area (Å²) in [7, 11) is 0. The van der Waals surface area contributed by atoms with Crippen molar-refractivity contribution in [3.8, 4) is 0 Å². The minimum absolute atomic E-state index is 0.0752. The molecule has 0 aliphatic heterocycles. The van der Waals surface area contributed by atoms with Gasteiger partial charge in [-0.25, -0.2) is 20.4 Å². The largest absolute Gasteiger partial charge is 0.231 e. The third-order valence-corrected chi connectivity index (χ3v) is 1.15. The number of hydrogen-bond donors (Lipinski definition) is 2. The first-order valence-electron chi connectivity index (χ1n) is 4.70. The van der Waals surface area contributed by atoms with Gasteiger partial charge in [-0.3, -0.25) is 0 Å². The summed E-state index contributed by atoms with van der Waals surface area (Å²) in [6.45, 7) is 0. The second kappa shape index (κ2) is 16.4. The van der Waals surface area contributed by atoms with Crippen molar-refractivity contribution in [2.75, 3.05) is 0 Å². The smallest absolute Gasteiger partial charge is 0.222 e. The molecule has 0 spiro atoms. The molecule has 1 rings (SSSR count). The molecule has 0 radical (unpaired) electrons. The van der Waals surface area contributed by atoms with Crippen LogP contribution in [0.25, 0.3) is 0 Å². The maximum atomic E-state index is 8.35. The van der Waals surface area contributed by atoms with Gasteiger partial charge in [0.1, 0.15) is 0 Å². The maximum absolute atomic E-state index is 8.35. The van der Waals surface area contributed by atoms with Crippen molar-refractivity contribution in [2.24, 2.45) is 0 Å². The van der Waals surface area contributed by atoms with Gasteiger partial charge in [0.15, 0.2) is 0 Å². The highest BCUT2D eigenvalue weighted by Crippen LogP contribution is 2.15. The van der Waals surface area contributed by atoms with Gasteiger partial charge in [-0.05, 0) is 0 Å². The molecule has 1 fully saturated rings. The normalized spacial score (nSPS) is 28.0. The molecule has 12 heavy (non-hydrogen) atoms. The van der Waals surface area contributed by atoms with Gasteiger partial charge in [-0.2, -0.15) is 0 Å². The van der Waals surface area contributed by atoms with Crippen LogP contribution in [0.4, 0.5) is 0 Å². The average molecular weight is 172 g/mol. The van der Waals surface area contributed by atoms with E-state index in [0.717, 1.165) is 37.8 Å². The molecule has 1 saturated carbocycles. The molecule has 0 aromatic carbocycles. The van der Waals surface area contributed by atoms with E-state index in [2.05, 4.69) is 0 Å². The van der Waals surface area contributed by atoms with E-state index in [1.165, 1.54) is 0 Å². The summed E-state index contributed by atoms with van der Waals surface area (Å²) in [4.78, 5) is 16.7. The molecular weight excluding hydrogens is 156 g/mol. The summed E-state index contributed by atoms with van der Waals surface area (Å²) in [6, 6.07) is 0. The summed E-state index contributed by atoms with van der Waals surface area (Å²) in [6.07, 6.45) is 5.60. The van der Waals surface area contributed by atoms with Crippen LogP contribution in [0.1, 0.15) is 41.2 Å². The zero-order chi connectivity index (χ0) is 11.4. The molecular formula is C8H14N2O2. The van der Waals surface area contributed by atoms with Gasteiger partial charge in [0.2, 0.25) is 12.2 Å². The Hall–Kier alpha value is -1.24. The van der Waals surface area contributed by atoms with Crippen LogP contribution in [0.3, 0.4) is 0 Å². The molecule has 1 aliphatic rings. The lowest BCUT2D eigenvalue weighted by Crippen LogP contribution is -1.85. The van der Waals surface area contributed by atoms with Gasteiger partial charge in [0.25, 0.3) is 0 Å². The van der Waals surface area contributed by atoms with Gasteiger partial charge in [0, 0.05) is 2.74 Å². The second-order valence-corrected chi connectivity index (χ2v) is 1.95. The summed E-state index contributed by atoms with van der Waals surface area (Å²) in [5, 5.41) is 10.8. The van der Waals surface area contributed by atoms with E-state index in [-0.39, 0.29) is 12.8 Å². The average Bonchev–Trinajstić information content (AvgIpc) is 2.06. The number of rotatable bonds is 0. The van der Waals surface area contributed by atoms with Crippen molar-refractivity contribution in [3.63, 3.8) is 0 Å². The maximum Gasteiger partial charge on any atom is 0.231 e. The highest BCUT2D eigenvalue weighted by molar-refractivity contribution is 5.26. The van der Waals surface area contributed by atoms with Crippen molar-refractivity contribution >= 4 is 12.2 Å². The van der Waals surface area contributed by atoms with E-state index in [0.29, 0.717) is 0 Å². The predicted octanol–water partition coefficient (Wildman–Crippen LogP) is 2.14. The van der Waals surface area contributed by atoms with Gasteiger partial charge in [-0.15, -0.1) is 0 Å². The fourth-order valence-electron chi connectivity index (χ4n) is 0.760. The first-order chi connectivity index (χ1) is 6.62. The van der Waals surface area contributed by atoms with Crippen LogP contribution in [0.2, 0.25) is 0 Å². The summed E-state index contributed by atoms with van der Waals surface area (Å²) >= 11 is 0. The second-order valence-electron chi connectivity index (χ2n) is 1.95. The molecule has 0 aromatic rings. The van der Waals surface area contributed by atoms with Crippen molar-refractivity contribution in [1.82, 2.24) is 0 Å². The zero-order valence-corrected chi connectivity index (χ0v) is 6.80. The summed E-state index contributed by atoms with van der Waals surface area (Å²) in [5.41, 5.74) is 0. The minimum atomic E-state index is 0.0752. The van der Waals surface area contributed by atoms with E-state index in [9.17, 15) is 0 Å². The van der Waals surface area contributed by atoms with Gasteiger partial charge >= 0.3 is 0 Å². The van der Waals surface area contributed by atoms with Crippen LogP contribution in [-0.2, 0) is 9.59 Å². The lowest BCUT2D eigenvalue weighted by atomic mass is 10.0. The molecule has 4 nitrogen and oxygen atoms in total. The van der Waals surface area contributed by atoms with Crippen LogP contribution < -0.4 is 0 Å². The van der Waals surface area contributed by atoms with Gasteiger partial charge in [-0.1, -0.05) is 38.5 Å². The summed E-state index contributed by atoms with van der Waals surface area (Å²) < 4.78 is 14.6. The number of carbonyl (C=O) groups excluding carboxylic acids is 2. The first kappa shape index (κ1) is 8.85. The number of hydrogen-bond acceptors (Lipinski definition) is 4. The SMILES string of the molecule is N=C=O.N=C=O.[2H]C1CCCC([2H])C1. The molecule has 0 saturated heterocycles. The van der Waals surface area contributed by atoms with Crippen LogP contribution in [0, 0.1) is 10.8 Å². The molecule has 0 amide bonds. The third kappa shape index (κ3) is 23.3. The van der Waals surface area contributed by atoms with E-state index in [1.807, 2.05) is 0 Å². The molecule has 0 bridgehead atoms. The number of isocyanates is 2. The van der Waals surface area contributed by atoms with Crippen LogP contribution in [0.5, 0.6) is 0 Å². The molecule has 68 valence electrons. The predicted molar refractivity (Wildman–Crippen MR) is 44.5 cm³/mol. The zero-order valence-electron chi connectivity index (χ0n) is 8.80. The van der Waals surface area contributed by atoms with Crippen molar-refractivity contribution < 1.29 is 12.3 Å². The van der Waals surface area contributed by atoms with E-state index in [4.69, 9.17) is 23.1 Å². The van der Waals surface area contributed by atoms with E-state index >= 15 is 0 Å². The van der Waals surface area contributed by atoms with E-state index in [1.54, 1.807) is 0 Å². The highest BCUT2D eigenvalue weighted by Gasteiger charge is 1.95. The third-order valence-electron chi connectivity index (χ3n) is 1.15. The quantitative estimate of drug-likeness (QED) is 0.433. The Bertz CT molecular complexity index is 180. The Labute approximate surface area is 74.8 Å².